The van der Waals surface area contributed by atoms with Crippen molar-refractivity contribution >= 4 is 39.8 Å². The fourth-order valence-corrected chi connectivity index (χ4v) is 4.91. The summed E-state index contributed by atoms with van der Waals surface area (Å²) in [5.41, 5.74) is -0.635. The van der Waals surface area contributed by atoms with Crippen LogP contribution in [0.1, 0.15) is 49.7 Å². The predicted octanol–water partition coefficient (Wildman–Crippen LogP) is 5.03. The van der Waals surface area contributed by atoms with Crippen LogP contribution in [0.3, 0.4) is 0 Å². The minimum absolute atomic E-state index is 0. The van der Waals surface area contributed by atoms with Crippen LogP contribution in [0.2, 0.25) is 0 Å². The highest BCUT2D eigenvalue weighted by Gasteiger charge is 2.35. The summed E-state index contributed by atoms with van der Waals surface area (Å²) in [5.74, 6) is 0.299. The number of hydrogen-bond donors (Lipinski definition) is 1. The van der Waals surface area contributed by atoms with Crippen molar-refractivity contribution in [1.29, 1.82) is 0 Å². The Bertz CT molecular complexity index is 721. The summed E-state index contributed by atoms with van der Waals surface area (Å²) < 4.78 is 39.3. The molecule has 9 heteroatoms. The van der Waals surface area contributed by atoms with Crippen molar-refractivity contribution in [2.45, 2.75) is 63.3 Å². The minimum Gasteiger partial charge on any atom is -0.350 e. The van der Waals surface area contributed by atoms with Gasteiger partial charge in [-0.2, -0.15) is 13.2 Å². The molecule has 1 aliphatic heterocycles. The molecule has 0 spiro atoms. The number of amides is 1. The summed E-state index contributed by atoms with van der Waals surface area (Å²) in [5, 5.41) is 3.53. The molecule has 3 rings (SSSR count). The Balaban J connectivity index is 0.00000300. The fraction of sp³-hybridized carbons (Fsp3) is 0.600. The molecule has 1 saturated carbocycles. The van der Waals surface area contributed by atoms with Crippen molar-refractivity contribution < 1.29 is 18.0 Å². The Morgan fingerprint density at radius 1 is 1.21 bits per heavy atom. The summed E-state index contributed by atoms with van der Waals surface area (Å²) in [6, 6.07) is 5.24. The molecule has 1 atom stereocenters. The first-order valence-corrected chi connectivity index (χ1v) is 10.7. The molecular weight excluding hydrogens is 467 g/mol. The van der Waals surface area contributed by atoms with Gasteiger partial charge in [-0.05, 0) is 24.5 Å². The van der Waals surface area contributed by atoms with Gasteiger partial charge in [0.1, 0.15) is 6.04 Å². The van der Waals surface area contributed by atoms with Crippen molar-refractivity contribution in [1.82, 2.24) is 10.2 Å². The highest BCUT2D eigenvalue weighted by atomic mass is 79.9. The fourth-order valence-electron chi connectivity index (χ4n) is 3.67. The summed E-state index contributed by atoms with van der Waals surface area (Å²) in [7, 11) is 1.84. The molecular formula is C20H27BrF3N3OS. The van der Waals surface area contributed by atoms with Crippen molar-refractivity contribution in [2.75, 3.05) is 12.8 Å². The van der Waals surface area contributed by atoms with Crippen molar-refractivity contribution in [3.8, 4) is 0 Å². The van der Waals surface area contributed by atoms with E-state index in [1.807, 2.05) is 11.9 Å². The van der Waals surface area contributed by atoms with E-state index in [-0.39, 0.29) is 35.0 Å². The zero-order chi connectivity index (χ0) is 20.1. The number of amidine groups is 1. The largest absolute Gasteiger partial charge is 0.416 e. The Hall–Kier alpha value is -1.22. The lowest BCUT2D eigenvalue weighted by Gasteiger charge is -2.22. The Kier molecular flexibility index (Phi) is 8.88. The molecule has 2 aliphatic rings. The van der Waals surface area contributed by atoms with Crippen LogP contribution in [-0.2, 0) is 17.5 Å². The van der Waals surface area contributed by atoms with E-state index in [1.165, 1.54) is 37.8 Å². The van der Waals surface area contributed by atoms with E-state index in [9.17, 15) is 18.0 Å². The van der Waals surface area contributed by atoms with Crippen molar-refractivity contribution in [3.05, 3.63) is 35.4 Å². The molecule has 1 aromatic carbocycles. The summed E-state index contributed by atoms with van der Waals surface area (Å²) in [6.07, 6.45) is 2.64. The molecule has 4 nitrogen and oxygen atoms in total. The van der Waals surface area contributed by atoms with Crippen LogP contribution in [0.4, 0.5) is 13.2 Å². The van der Waals surface area contributed by atoms with Crippen LogP contribution in [0, 0.1) is 0 Å². The number of aliphatic imine (C=N–C) groups is 1. The lowest BCUT2D eigenvalue weighted by Crippen LogP contribution is -2.44. The second-order valence-corrected chi connectivity index (χ2v) is 8.35. The molecule has 1 N–H and O–H groups in total. The van der Waals surface area contributed by atoms with Gasteiger partial charge in [0.15, 0.2) is 5.17 Å². The smallest absolute Gasteiger partial charge is 0.350 e. The normalized spacial score (nSPS) is 22.3. The third-order valence-electron chi connectivity index (χ3n) is 5.34. The Morgan fingerprint density at radius 2 is 1.86 bits per heavy atom. The van der Waals surface area contributed by atoms with Gasteiger partial charge in [0.05, 0.1) is 11.6 Å². The molecule has 162 valence electrons. The SMILES string of the molecule is Br.CN1C(=NC2CCCCCC2)SCC1C(=O)NCc1ccccc1C(F)(F)F. The summed E-state index contributed by atoms with van der Waals surface area (Å²) >= 11 is 1.55. The quantitative estimate of drug-likeness (QED) is 0.598. The van der Waals surface area contributed by atoms with E-state index in [1.54, 1.807) is 17.8 Å². The molecule has 1 aliphatic carbocycles. The van der Waals surface area contributed by atoms with Gasteiger partial charge < -0.3 is 10.2 Å². The number of alkyl halides is 3. The van der Waals surface area contributed by atoms with Crippen LogP contribution in [0.5, 0.6) is 0 Å². The monoisotopic (exact) mass is 493 g/mol. The van der Waals surface area contributed by atoms with Crippen molar-refractivity contribution in [3.63, 3.8) is 0 Å². The Morgan fingerprint density at radius 3 is 2.52 bits per heavy atom. The standard InChI is InChI=1S/C20H26F3N3OS.BrH/c1-26-17(13-28-19(26)25-15-9-4-2-3-5-10-15)18(27)24-12-14-8-6-7-11-16(14)20(21,22)23;/h6-8,11,15,17H,2-5,9-10,12-13H2,1H3,(H,24,27);1H. The molecule has 1 unspecified atom stereocenters. The first-order chi connectivity index (χ1) is 13.4. The molecule has 1 heterocycles. The van der Waals surface area contributed by atoms with Gasteiger partial charge in [-0.3, -0.25) is 9.79 Å². The average Bonchev–Trinajstić information content (AvgIpc) is 2.85. The number of carbonyl (C=O) groups excluding carboxylic acids is 1. The van der Waals surface area contributed by atoms with Gasteiger partial charge >= 0.3 is 6.18 Å². The zero-order valence-electron chi connectivity index (χ0n) is 16.4. The molecule has 1 aromatic rings. The third kappa shape index (κ3) is 6.38. The number of rotatable bonds is 4. The average molecular weight is 494 g/mol. The highest BCUT2D eigenvalue weighted by Crippen LogP contribution is 2.32. The van der Waals surface area contributed by atoms with Crippen LogP contribution in [0.25, 0.3) is 0 Å². The number of benzene rings is 1. The first kappa shape index (κ1) is 24.1. The highest BCUT2D eigenvalue weighted by molar-refractivity contribution is 8.93. The second-order valence-electron chi connectivity index (χ2n) is 7.37. The lowest BCUT2D eigenvalue weighted by molar-refractivity contribution is -0.138. The number of likely N-dealkylation sites (N-methyl/N-ethyl adjacent to an activating group) is 1. The van der Waals surface area contributed by atoms with Gasteiger partial charge in [0.2, 0.25) is 5.91 Å². The van der Waals surface area contributed by atoms with E-state index in [4.69, 9.17) is 4.99 Å². The first-order valence-electron chi connectivity index (χ1n) is 9.72. The molecule has 2 fully saturated rings. The van der Waals surface area contributed by atoms with E-state index in [2.05, 4.69) is 5.32 Å². The van der Waals surface area contributed by atoms with Crippen molar-refractivity contribution in [2.24, 2.45) is 4.99 Å². The van der Waals surface area contributed by atoms with Gasteiger partial charge in [-0.1, -0.05) is 55.6 Å². The third-order valence-corrected chi connectivity index (χ3v) is 6.47. The van der Waals surface area contributed by atoms with Gasteiger partial charge in [0.25, 0.3) is 0 Å². The van der Waals surface area contributed by atoms with Crippen LogP contribution in [-0.4, -0.2) is 40.9 Å². The maximum atomic E-state index is 13.1. The molecule has 1 saturated heterocycles. The summed E-state index contributed by atoms with van der Waals surface area (Å²) in [6.45, 7) is -0.140. The lowest BCUT2D eigenvalue weighted by atomic mass is 10.1. The number of halogens is 4. The maximum Gasteiger partial charge on any atom is 0.416 e. The number of carbonyl (C=O) groups is 1. The topological polar surface area (TPSA) is 44.7 Å². The van der Waals surface area contributed by atoms with Crippen LogP contribution < -0.4 is 5.32 Å². The number of nitrogens with zero attached hydrogens (tertiary/aromatic N) is 2. The Labute approximate surface area is 184 Å². The summed E-state index contributed by atoms with van der Waals surface area (Å²) in [4.78, 5) is 19.3. The zero-order valence-corrected chi connectivity index (χ0v) is 18.9. The van der Waals surface area contributed by atoms with E-state index < -0.39 is 17.8 Å². The number of thioether (sulfide) groups is 1. The molecule has 0 bridgehead atoms. The van der Waals surface area contributed by atoms with Crippen LogP contribution in [0.15, 0.2) is 29.3 Å². The predicted molar refractivity (Wildman–Crippen MR) is 117 cm³/mol. The molecule has 1 amide bonds. The van der Waals surface area contributed by atoms with E-state index >= 15 is 0 Å². The van der Waals surface area contributed by atoms with Gasteiger partial charge in [0, 0.05) is 19.3 Å². The van der Waals surface area contributed by atoms with E-state index in [0.29, 0.717) is 11.8 Å². The molecule has 0 aromatic heterocycles. The van der Waals surface area contributed by atoms with E-state index in [0.717, 1.165) is 24.1 Å². The molecule has 29 heavy (non-hydrogen) atoms. The maximum absolute atomic E-state index is 13.1. The van der Waals surface area contributed by atoms with Gasteiger partial charge in [-0.15, -0.1) is 17.0 Å². The number of hydrogen-bond acceptors (Lipinski definition) is 3. The van der Waals surface area contributed by atoms with Crippen LogP contribution >= 0.6 is 28.7 Å². The molecule has 0 radical (unpaired) electrons. The van der Waals surface area contributed by atoms with Gasteiger partial charge in [-0.25, -0.2) is 0 Å². The number of nitrogens with one attached hydrogen (secondary N) is 1. The minimum atomic E-state index is -4.43. The second kappa shape index (κ2) is 10.7.